The van der Waals surface area contributed by atoms with Gasteiger partial charge in [0, 0.05) is 49.4 Å². The van der Waals surface area contributed by atoms with E-state index in [0.717, 1.165) is 43.4 Å². The van der Waals surface area contributed by atoms with Crippen molar-refractivity contribution in [3.8, 4) is 10.6 Å². The first-order valence-corrected chi connectivity index (χ1v) is 9.17. The van der Waals surface area contributed by atoms with Gasteiger partial charge in [0.25, 0.3) is 0 Å². The first kappa shape index (κ1) is 17.5. The van der Waals surface area contributed by atoms with E-state index in [9.17, 15) is 5.11 Å². The molecular formula is C18H25N3O2S. The standard InChI is InChI=1S/C18H25N3O2S/c1-18(22,14-21-7-9-23-10-8-21)13-19-11-16-12-20-17(24-16)15-5-3-2-4-6-15/h2-6,12,19,22H,7-11,13-14H2,1H3. The van der Waals surface area contributed by atoms with Gasteiger partial charge in [-0.1, -0.05) is 30.3 Å². The Kier molecular flexibility index (Phi) is 5.97. The normalized spacial score (nSPS) is 18.4. The van der Waals surface area contributed by atoms with Gasteiger partial charge in [-0.25, -0.2) is 4.98 Å². The average molecular weight is 347 g/mol. The Labute approximate surface area is 147 Å². The van der Waals surface area contributed by atoms with Crippen molar-refractivity contribution in [2.24, 2.45) is 0 Å². The molecule has 0 aliphatic carbocycles. The van der Waals surface area contributed by atoms with Crippen LogP contribution in [-0.4, -0.2) is 60.0 Å². The number of hydrogen-bond donors (Lipinski definition) is 2. The summed E-state index contributed by atoms with van der Waals surface area (Å²) in [4.78, 5) is 7.92. The Morgan fingerprint density at radius 1 is 1.29 bits per heavy atom. The van der Waals surface area contributed by atoms with Gasteiger partial charge in [-0.05, 0) is 6.92 Å². The summed E-state index contributed by atoms with van der Waals surface area (Å²) in [5.41, 5.74) is 0.401. The second-order valence-corrected chi connectivity index (χ2v) is 7.60. The minimum atomic E-state index is -0.746. The summed E-state index contributed by atoms with van der Waals surface area (Å²) in [5, 5.41) is 15.0. The van der Waals surface area contributed by atoms with Crippen LogP contribution in [0.3, 0.4) is 0 Å². The Balaban J connectivity index is 1.46. The van der Waals surface area contributed by atoms with E-state index < -0.39 is 5.60 Å². The highest BCUT2D eigenvalue weighted by atomic mass is 32.1. The molecule has 6 heteroatoms. The number of rotatable bonds is 7. The summed E-state index contributed by atoms with van der Waals surface area (Å²) in [7, 11) is 0. The third kappa shape index (κ3) is 5.09. The molecule has 1 aromatic carbocycles. The van der Waals surface area contributed by atoms with Crippen molar-refractivity contribution >= 4 is 11.3 Å². The van der Waals surface area contributed by atoms with Crippen molar-refractivity contribution in [3.63, 3.8) is 0 Å². The highest BCUT2D eigenvalue weighted by Crippen LogP contribution is 2.24. The molecule has 1 aliphatic heterocycles. The van der Waals surface area contributed by atoms with E-state index in [1.165, 1.54) is 4.88 Å². The second-order valence-electron chi connectivity index (χ2n) is 6.49. The number of morpholine rings is 1. The fourth-order valence-electron chi connectivity index (χ4n) is 2.86. The summed E-state index contributed by atoms with van der Waals surface area (Å²) >= 11 is 1.69. The van der Waals surface area contributed by atoms with Gasteiger partial charge in [0.2, 0.25) is 0 Å². The van der Waals surface area contributed by atoms with Crippen molar-refractivity contribution in [3.05, 3.63) is 41.4 Å². The fraction of sp³-hybridized carbons (Fsp3) is 0.500. The molecule has 1 unspecified atom stereocenters. The molecule has 5 nitrogen and oxygen atoms in total. The SMILES string of the molecule is CC(O)(CNCc1cnc(-c2ccccc2)s1)CN1CCOCC1. The number of β-amino-alcohol motifs (C(OH)–C–C–N with tert-alkyl or cyclic N) is 1. The highest BCUT2D eigenvalue weighted by molar-refractivity contribution is 7.15. The Hall–Kier alpha value is -1.31. The predicted molar refractivity (Wildman–Crippen MR) is 97.1 cm³/mol. The number of thiazole rings is 1. The summed E-state index contributed by atoms with van der Waals surface area (Å²) in [6.45, 7) is 7.14. The van der Waals surface area contributed by atoms with Crippen LogP contribution in [0.2, 0.25) is 0 Å². The van der Waals surface area contributed by atoms with Crippen LogP contribution in [0.1, 0.15) is 11.8 Å². The third-order valence-corrected chi connectivity index (χ3v) is 5.09. The lowest BCUT2D eigenvalue weighted by molar-refractivity contribution is -0.0219. The van der Waals surface area contributed by atoms with Gasteiger partial charge in [0.1, 0.15) is 5.01 Å². The number of aliphatic hydroxyl groups is 1. The molecule has 0 radical (unpaired) electrons. The number of nitrogens with zero attached hydrogens (tertiary/aromatic N) is 2. The molecule has 1 aromatic heterocycles. The van der Waals surface area contributed by atoms with Crippen LogP contribution in [0.4, 0.5) is 0 Å². The van der Waals surface area contributed by atoms with Gasteiger partial charge in [-0.15, -0.1) is 11.3 Å². The molecule has 0 bridgehead atoms. The van der Waals surface area contributed by atoms with Crippen LogP contribution in [0.25, 0.3) is 10.6 Å². The lowest BCUT2D eigenvalue weighted by Gasteiger charge is -2.33. The van der Waals surface area contributed by atoms with Crippen LogP contribution in [-0.2, 0) is 11.3 Å². The zero-order valence-electron chi connectivity index (χ0n) is 14.1. The Morgan fingerprint density at radius 2 is 2.04 bits per heavy atom. The molecule has 1 fully saturated rings. The van der Waals surface area contributed by atoms with Gasteiger partial charge in [-0.2, -0.15) is 0 Å². The zero-order valence-corrected chi connectivity index (χ0v) is 14.9. The van der Waals surface area contributed by atoms with Crippen LogP contribution < -0.4 is 5.32 Å². The summed E-state index contributed by atoms with van der Waals surface area (Å²) < 4.78 is 5.35. The van der Waals surface area contributed by atoms with Gasteiger partial charge in [-0.3, -0.25) is 4.90 Å². The molecule has 2 N–H and O–H groups in total. The molecule has 0 spiro atoms. The maximum atomic E-state index is 10.6. The quantitative estimate of drug-likeness (QED) is 0.802. The molecule has 0 amide bonds. The maximum Gasteiger partial charge on any atom is 0.123 e. The zero-order chi connectivity index (χ0) is 16.8. The predicted octanol–water partition coefficient (Wildman–Crippen LogP) is 1.98. The molecule has 3 rings (SSSR count). The van der Waals surface area contributed by atoms with Crippen molar-refractivity contribution in [1.29, 1.82) is 0 Å². The van der Waals surface area contributed by atoms with Crippen LogP contribution >= 0.6 is 11.3 Å². The number of benzene rings is 1. The van der Waals surface area contributed by atoms with Gasteiger partial charge < -0.3 is 15.2 Å². The largest absolute Gasteiger partial charge is 0.388 e. The summed E-state index contributed by atoms with van der Waals surface area (Å²) in [6.07, 6.45) is 1.91. The smallest absolute Gasteiger partial charge is 0.123 e. The molecule has 1 atom stereocenters. The van der Waals surface area contributed by atoms with E-state index in [-0.39, 0.29) is 0 Å². The van der Waals surface area contributed by atoms with Crippen molar-refractivity contribution in [2.75, 3.05) is 39.4 Å². The number of ether oxygens (including phenoxy) is 1. The Morgan fingerprint density at radius 3 is 2.79 bits per heavy atom. The molecule has 1 saturated heterocycles. The molecule has 1 aliphatic rings. The Bertz CT molecular complexity index is 624. The van der Waals surface area contributed by atoms with Crippen LogP contribution in [0.15, 0.2) is 36.5 Å². The van der Waals surface area contributed by atoms with E-state index in [1.807, 2.05) is 31.3 Å². The van der Waals surface area contributed by atoms with Gasteiger partial charge in [0.15, 0.2) is 0 Å². The first-order valence-electron chi connectivity index (χ1n) is 8.36. The summed E-state index contributed by atoms with van der Waals surface area (Å²) in [5.74, 6) is 0. The van der Waals surface area contributed by atoms with Crippen LogP contribution in [0, 0.1) is 0 Å². The monoisotopic (exact) mass is 347 g/mol. The lowest BCUT2D eigenvalue weighted by atomic mass is 10.1. The van der Waals surface area contributed by atoms with E-state index in [1.54, 1.807) is 11.3 Å². The minimum absolute atomic E-state index is 0.558. The third-order valence-electron chi connectivity index (χ3n) is 4.05. The lowest BCUT2D eigenvalue weighted by Crippen LogP contribution is -2.50. The number of hydrogen-bond acceptors (Lipinski definition) is 6. The van der Waals surface area contributed by atoms with Crippen molar-refractivity contribution in [2.45, 2.75) is 19.1 Å². The van der Waals surface area contributed by atoms with E-state index >= 15 is 0 Å². The number of aromatic nitrogens is 1. The van der Waals surface area contributed by atoms with Gasteiger partial charge in [0.05, 0.1) is 18.8 Å². The summed E-state index contributed by atoms with van der Waals surface area (Å²) in [6, 6.07) is 10.2. The second kappa shape index (κ2) is 8.18. The fourth-order valence-corrected chi connectivity index (χ4v) is 3.74. The maximum absolute atomic E-state index is 10.6. The highest BCUT2D eigenvalue weighted by Gasteiger charge is 2.24. The van der Waals surface area contributed by atoms with Gasteiger partial charge >= 0.3 is 0 Å². The topological polar surface area (TPSA) is 57.6 Å². The average Bonchev–Trinajstić information content (AvgIpc) is 3.05. The molecule has 2 heterocycles. The molecule has 0 saturated carbocycles. The van der Waals surface area contributed by atoms with E-state index in [2.05, 4.69) is 27.3 Å². The molecular weight excluding hydrogens is 322 g/mol. The first-order chi connectivity index (χ1) is 11.6. The number of nitrogens with one attached hydrogen (secondary N) is 1. The van der Waals surface area contributed by atoms with Crippen LogP contribution in [0.5, 0.6) is 0 Å². The van der Waals surface area contributed by atoms with Crippen molar-refractivity contribution < 1.29 is 9.84 Å². The van der Waals surface area contributed by atoms with Crippen molar-refractivity contribution in [1.82, 2.24) is 15.2 Å². The molecule has 24 heavy (non-hydrogen) atoms. The molecule has 130 valence electrons. The minimum Gasteiger partial charge on any atom is -0.388 e. The van der Waals surface area contributed by atoms with E-state index in [4.69, 9.17) is 4.74 Å². The molecule has 2 aromatic rings. The van der Waals surface area contributed by atoms with E-state index in [0.29, 0.717) is 13.1 Å².